The van der Waals surface area contributed by atoms with Crippen LogP contribution in [0.5, 0.6) is 11.5 Å². The number of ketones is 2. The number of halogens is 4. The summed E-state index contributed by atoms with van der Waals surface area (Å²) < 4.78 is 7.32. The first-order valence-corrected chi connectivity index (χ1v) is 12.0. The number of hydrogen-bond donors (Lipinski definition) is 2. The normalized spacial score (nSPS) is 10.5. The molecule has 2 aromatic rings. The van der Waals surface area contributed by atoms with Gasteiger partial charge in [-0.05, 0) is 126 Å². The van der Waals surface area contributed by atoms with E-state index in [9.17, 15) is 24.3 Å². The smallest absolute Gasteiger partial charge is 0.380 e. The minimum Gasteiger partial charge on any atom is -0.506 e. The largest absolute Gasteiger partial charge is 0.506 e. The van der Waals surface area contributed by atoms with Gasteiger partial charge in [0.2, 0.25) is 11.6 Å². The molecule has 0 saturated carbocycles. The molecule has 0 amide bonds. The van der Waals surface area contributed by atoms with Gasteiger partial charge in [-0.1, -0.05) is 0 Å². The Morgan fingerprint density at radius 2 is 1.17 bits per heavy atom. The van der Waals surface area contributed by atoms with Crippen LogP contribution in [-0.4, -0.2) is 33.7 Å². The zero-order valence-corrected chi connectivity index (χ0v) is 22.8. The lowest BCUT2D eigenvalue weighted by atomic mass is 10.1. The fourth-order valence-electron chi connectivity index (χ4n) is 2.20. The van der Waals surface area contributed by atoms with E-state index in [0.29, 0.717) is 25.4 Å². The van der Waals surface area contributed by atoms with Crippen LogP contribution in [-0.2, 0) is 32.0 Å². The number of carboxylic acids is 1. The zero-order valence-electron chi connectivity index (χ0n) is 14.2. The SMILES string of the molecule is O=C(O)C(=O)Cc1cc(I)c(OC(=O)C(=O)Cc2cc(I)c(O)c(I)c2)c(I)c1. The summed E-state index contributed by atoms with van der Waals surface area (Å²) in [5.74, 6) is -3.96. The van der Waals surface area contributed by atoms with Gasteiger partial charge in [0.05, 0.1) is 14.3 Å². The van der Waals surface area contributed by atoms with Crippen LogP contribution in [0.15, 0.2) is 24.3 Å². The molecule has 0 saturated heterocycles. The predicted molar refractivity (Wildman–Crippen MR) is 136 cm³/mol. The molecule has 0 bridgehead atoms. The highest BCUT2D eigenvalue weighted by Crippen LogP contribution is 2.30. The van der Waals surface area contributed by atoms with Crippen molar-refractivity contribution in [3.8, 4) is 11.5 Å². The van der Waals surface area contributed by atoms with Gasteiger partial charge in [0, 0.05) is 12.8 Å². The molecule has 0 heterocycles. The van der Waals surface area contributed by atoms with E-state index < -0.39 is 23.5 Å². The topological polar surface area (TPSA) is 118 Å². The first kappa shape index (κ1) is 24.7. The van der Waals surface area contributed by atoms with Crippen LogP contribution in [0.3, 0.4) is 0 Å². The van der Waals surface area contributed by atoms with Crippen LogP contribution in [0.4, 0.5) is 0 Å². The molecule has 0 atom stereocenters. The summed E-state index contributed by atoms with van der Waals surface area (Å²) in [5, 5.41) is 18.5. The highest BCUT2D eigenvalue weighted by molar-refractivity contribution is 14.1. The Hall–Kier alpha value is -0.560. The molecule has 2 N–H and O–H groups in total. The van der Waals surface area contributed by atoms with Crippen LogP contribution in [0.2, 0.25) is 0 Å². The molecule has 0 aliphatic rings. The van der Waals surface area contributed by atoms with E-state index in [-0.39, 0.29) is 24.3 Å². The van der Waals surface area contributed by atoms with Crippen molar-refractivity contribution in [2.24, 2.45) is 0 Å². The number of benzene rings is 2. The Kier molecular flexibility index (Phi) is 9.07. The maximum atomic E-state index is 12.3. The van der Waals surface area contributed by atoms with Crippen LogP contribution in [0.25, 0.3) is 0 Å². The van der Waals surface area contributed by atoms with Crippen molar-refractivity contribution in [1.29, 1.82) is 0 Å². The molecule has 29 heavy (non-hydrogen) atoms. The number of hydrogen-bond acceptors (Lipinski definition) is 6. The Bertz CT molecular complexity index is 987. The molecule has 0 spiro atoms. The maximum absolute atomic E-state index is 12.3. The van der Waals surface area contributed by atoms with Crippen LogP contribution in [0, 0.1) is 14.3 Å². The Labute approximate surface area is 219 Å². The fraction of sp³-hybridized carbons (Fsp3) is 0.111. The van der Waals surface area contributed by atoms with Crippen molar-refractivity contribution in [1.82, 2.24) is 0 Å². The molecule has 0 radical (unpaired) electrons. The molecule has 0 aliphatic heterocycles. The second kappa shape index (κ2) is 10.7. The number of phenols is 1. The summed E-state index contributed by atoms with van der Waals surface area (Å²) in [4.78, 5) is 46.6. The molecular formula is C18H10I4O7. The maximum Gasteiger partial charge on any atom is 0.380 e. The third kappa shape index (κ3) is 6.71. The predicted octanol–water partition coefficient (Wildman–Crippen LogP) is 3.72. The van der Waals surface area contributed by atoms with Crippen LogP contribution < -0.4 is 4.74 Å². The number of phenolic OH excluding ortho intramolecular Hbond substituents is 1. The van der Waals surface area contributed by atoms with Crippen molar-refractivity contribution in [3.05, 3.63) is 49.7 Å². The summed E-state index contributed by atoms with van der Waals surface area (Å²) in [6.45, 7) is 0. The van der Waals surface area contributed by atoms with Crippen molar-refractivity contribution in [3.63, 3.8) is 0 Å². The average Bonchev–Trinajstić information content (AvgIpc) is 2.62. The van der Waals surface area contributed by atoms with Crippen LogP contribution in [0.1, 0.15) is 11.1 Å². The number of carboxylic acid groups (broad SMARTS) is 1. The van der Waals surface area contributed by atoms with Gasteiger partial charge in [-0.2, -0.15) is 0 Å². The monoisotopic (exact) mass is 846 g/mol. The summed E-state index contributed by atoms with van der Waals surface area (Å²) in [5.41, 5.74) is 1.04. The van der Waals surface area contributed by atoms with E-state index in [0.717, 1.165) is 0 Å². The van der Waals surface area contributed by atoms with Crippen LogP contribution >= 0.6 is 90.4 Å². The zero-order chi connectivity index (χ0) is 21.9. The number of aromatic hydroxyl groups is 1. The highest BCUT2D eigenvalue weighted by atomic mass is 127. The summed E-state index contributed by atoms with van der Waals surface area (Å²) in [6.07, 6.45) is -0.462. The van der Waals surface area contributed by atoms with Gasteiger partial charge in [-0.25, -0.2) is 9.59 Å². The van der Waals surface area contributed by atoms with E-state index in [4.69, 9.17) is 9.84 Å². The Morgan fingerprint density at radius 1 is 0.759 bits per heavy atom. The van der Waals surface area contributed by atoms with Gasteiger partial charge in [0.1, 0.15) is 5.75 Å². The van der Waals surface area contributed by atoms with Gasteiger partial charge in [0.25, 0.3) is 0 Å². The molecule has 0 aliphatic carbocycles. The lowest BCUT2D eigenvalue weighted by Gasteiger charge is -2.11. The van der Waals surface area contributed by atoms with E-state index in [2.05, 4.69) is 0 Å². The molecule has 0 fully saturated rings. The lowest BCUT2D eigenvalue weighted by molar-refractivity contribution is -0.148. The number of rotatable bonds is 7. The number of carbonyl (C=O) groups excluding carboxylic acids is 3. The quantitative estimate of drug-likeness (QED) is 0.189. The molecule has 7 nitrogen and oxygen atoms in total. The minimum absolute atomic E-state index is 0.121. The van der Waals surface area contributed by atoms with E-state index in [1.54, 1.807) is 12.1 Å². The molecular weight excluding hydrogens is 836 g/mol. The van der Waals surface area contributed by atoms with Crippen molar-refractivity contribution in [2.45, 2.75) is 12.8 Å². The van der Waals surface area contributed by atoms with E-state index in [1.165, 1.54) is 12.1 Å². The summed E-state index contributed by atoms with van der Waals surface area (Å²) in [6, 6.07) is 6.29. The minimum atomic E-state index is -1.52. The average molecular weight is 846 g/mol. The van der Waals surface area contributed by atoms with Gasteiger partial charge < -0.3 is 14.9 Å². The number of carbonyl (C=O) groups is 4. The van der Waals surface area contributed by atoms with Gasteiger partial charge >= 0.3 is 11.9 Å². The lowest BCUT2D eigenvalue weighted by Crippen LogP contribution is -2.23. The first-order chi connectivity index (χ1) is 13.5. The Balaban J connectivity index is 2.14. The van der Waals surface area contributed by atoms with Crippen molar-refractivity contribution < 1.29 is 34.1 Å². The van der Waals surface area contributed by atoms with E-state index in [1.807, 2.05) is 90.4 Å². The highest BCUT2D eigenvalue weighted by Gasteiger charge is 2.22. The summed E-state index contributed by atoms with van der Waals surface area (Å²) in [7, 11) is 0. The van der Waals surface area contributed by atoms with Crippen molar-refractivity contribution >= 4 is 114 Å². The third-order valence-corrected chi connectivity index (χ3v) is 6.77. The molecule has 0 aromatic heterocycles. The standard InChI is InChI=1S/C18H10I4O7/c19-9-1-7(2-10(20)15(9)25)6-14(24)18(28)29-16-11(21)3-8(4-12(16)22)5-13(23)17(26)27/h1-4,25H,5-6H2,(H,26,27). The first-order valence-electron chi connectivity index (χ1n) is 7.65. The molecule has 2 rings (SSSR count). The van der Waals surface area contributed by atoms with Gasteiger partial charge in [-0.3, -0.25) is 9.59 Å². The number of esters is 1. The second-order valence-corrected chi connectivity index (χ2v) is 10.3. The number of ether oxygens (including phenoxy) is 1. The molecule has 2 aromatic carbocycles. The molecule has 11 heteroatoms. The number of aliphatic carboxylic acids is 1. The molecule has 0 unspecified atom stereocenters. The second-order valence-electron chi connectivity index (χ2n) is 5.69. The summed E-state index contributed by atoms with van der Waals surface area (Å²) >= 11 is 7.65. The van der Waals surface area contributed by atoms with Gasteiger partial charge in [0.15, 0.2) is 5.75 Å². The van der Waals surface area contributed by atoms with Gasteiger partial charge in [-0.15, -0.1) is 0 Å². The van der Waals surface area contributed by atoms with Crippen molar-refractivity contribution in [2.75, 3.05) is 0 Å². The molecule has 152 valence electrons. The Morgan fingerprint density at radius 3 is 1.62 bits per heavy atom. The fourth-order valence-corrected chi connectivity index (χ4v) is 6.21. The third-order valence-electron chi connectivity index (χ3n) is 3.53. The number of Topliss-reactive ketones (excluding diaryl/α,β-unsaturated/α-hetero) is 2. The van der Waals surface area contributed by atoms with E-state index >= 15 is 0 Å².